The Balaban J connectivity index is 2.13. The molecule has 1 fully saturated rings. The summed E-state index contributed by atoms with van der Waals surface area (Å²) < 4.78 is 11.0. The minimum atomic E-state index is -0.767. The molecule has 1 N–H and O–H groups in total. The largest absolute Gasteiger partial charge is 0.465 e. The second kappa shape index (κ2) is 7.46. The number of aliphatic hydroxyl groups excluding tert-OH is 1. The van der Waals surface area contributed by atoms with Crippen LogP contribution in [0.1, 0.15) is 23.7 Å². The van der Waals surface area contributed by atoms with E-state index in [0.29, 0.717) is 29.1 Å². The average Bonchev–Trinajstić information content (AvgIpc) is 3.01. The van der Waals surface area contributed by atoms with Crippen LogP contribution in [0, 0.1) is 0 Å². The maximum absolute atomic E-state index is 12.9. The zero-order valence-electron chi connectivity index (χ0n) is 14.3. The molecular weight excluding hydrogens is 360 g/mol. The van der Waals surface area contributed by atoms with Crippen LogP contribution in [0.15, 0.2) is 28.2 Å². The van der Waals surface area contributed by atoms with Crippen LogP contribution in [0.25, 0.3) is 10.9 Å². The van der Waals surface area contributed by atoms with Crippen LogP contribution >= 0.6 is 11.8 Å². The number of esters is 2. The van der Waals surface area contributed by atoms with Crippen molar-refractivity contribution in [2.45, 2.75) is 36.4 Å². The van der Waals surface area contributed by atoms with Crippen molar-refractivity contribution < 1.29 is 24.2 Å². The molecule has 1 aromatic heterocycles. The molecule has 2 heterocycles. The minimum Gasteiger partial charge on any atom is -0.465 e. The summed E-state index contributed by atoms with van der Waals surface area (Å²) >= 11 is 1.13. The van der Waals surface area contributed by atoms with E-state index in [1.54, 1.807) is 6.92 Å². The molecule has 1 aliphatic heterocycles. The number of hydrogen-bond acceptors (Lipinski definition) is 8. The van der Waals surface area contributed by atoms with E-state index >= 15 is 0 Å². The Labute approximate surface area is 153 Å². The highest BCUT2D eigenvalue weighted by Gasteiger charge is 2.29. The number of cyclic esters (lactones) is 1. The SMILES string of the molecule is COC(=O)c1ccc2c(=O)n(C[C@@H](C)O)c(S[C@@H]3CCOC3=O)nc2c1. The van der Waals surface area contributed by atoms with Gasteiger partial charge >= 0.3 is 11.9 Å². The van der Waals surface area contributed by atoms with Crippen molar-refractivity contribution >= 4 is 34.6 Å². The third-order valence-electron chi connectivity index (χ3n) is 3.92. The van der Waals surface area contributed by atoms with Crippen LogP contribution < -0.4 is 5.56 Å². The Bertz CT molecular complexity index is 923. The summed E-state index contributed by atoms with van der Waals surface area (Å²) in [7, 11) is 1.27. The van der Waals surface area contributed by atoms with Crippen LogP contribution in [0.5, 0.6) is 0 Å². The predicted molar refractivity (Wildman–Crippen MR) is 94.2 cm³/mol. The molecule has 9 heteroatoms. The molecule has 2 atom stereocenters. The van der Waals surface area contributed by atoms with E-state index in [-0.39, 0.29) is 23.6 Å². The first-order valence-corrected chi connectivity index (χ1v) is 8.93. The van der Waals surface area contributed by atoms with E-state index < -0.39 is 17.3 Å². The lowest BCUT2D eigenvalue weighted by molar-refractivity contribution is -0.137. The fraction of sp³-hybridized carbons (Fsp3) is 0.412. The normalized spacial score (nSPS) is 18.0. The third kappa shape index (κ3) is 3.58. The molecule has 0 saturated carbocycles. The summed E-state index contributed by atoms with van der Waals surface area (Å²) in [5, 5.41) is 9.90. The number of rotatable bonds is 5. The topological polar surface area (TPSA) is 108 Å². The minimum absolute atomic E-state index is 0.0463. The number of hydrogen-bond donors (Lipinski definition) is 1. The summed E-state index contributed by atoms with van der Waals surface area (Å²) in [4.78, 5) is 40.8. The van der Waals surface area contributed by atoms with Gasteiger partial charge in [-0.25, -0.2) is 9.78 Å². The molecule has 138 valence electrons. The van der Waals surface area contributed by atoms with Gasteiger partial charge in [-0.05, 0) is 25.1 Å². The van der Waals surface area contributed by atoms with Crippen molar-refractivity contribution in [3.05, 3.63) is 34.1 Å². The van der Waals surface area contributed by atoms with Gasteiger partial charge in [0.2, 0.25) is 0 Å². The molecular formula is C17H18N2O6S. The Morgan fingerprint density at radius 1 is 1.50 bits per heavy atom. The second-order valence-corrected chi connectivity index (χ2v) is 7.12. The van der Waals surface area contributed by atoms with Gasteiger partial charge in [-0.2, -0.15) is 0 Å². The maximum Gasteiger partial charge on any atom is 0.337 e. The van der Waals surface area contributed by atoms with Crippen LogP contribution in [0.2, 0.25) is 0 Å². The number of thioether (sulfide) groups is 1. The number of benzene rings is 1. The van der Waals surface area contributed by atoms with Crippen LogP contribution in [0.4, 0.5) is 0 Å². The van der Waals surface area contributed by atoms with Gasteiger partial charge in [0.15, 0.2) is 5.16 Å². The van der Waals surface area contributed by atoms with E-state index in [4.69, 9.17) is 9.47 Å². The molecule has 26 heavy (non-hydrogen) atoms. The highest BCUT2D eigenvalue weighted by molar-refractivity contribution is 8.00. The molecule has 0 spiro atoms. The zero-order chi connectivity index (χ0) is 18.8. The van der Waals surface area contributed by atoms with Gasteiger partial charge < -0.3 is 14.6 Å². The van der Waals surface area contributed by atoms with E-state index in [1.165, 1.54) is 29.9 Å². The Kier molecular flexibility index (Phi) is 5.28. The lowest BCUT2D eigenvalue weighted by Gasteiger charge is -2.16. The molecule has 1 aliphatic rings. The first-order chi connectivity index (χ1) is 12.4. The fourth-order valence-electron chi connectivity index (χ4n) is 2.67. The summed E-state index contributed by atoms with van der Waals surface area (Å²) in [6, 6.07) is 4.48. The third-order valence-corrected chi connectivity index (χ3v) is 5.16. The van der Waals surface area contributed by atoms with Crippen LogP contribution in [0.3, 0.4) is 0 Å². The van der Waals surface area contributed by atoms with Crippen molar-refractivity contribution in [1.29, 1.82) is 0 Å². The van der Waals surface area contributed by atoms with E-state index in [0.717, 1.165) is 11.8 Å². The highest BCUT2D eigenvalue weighted by atomic mass is 32.2. The molecule has 8 nitrogen and oxygen atoms in total. The monoisotopic (exact) mass is 378 g/mol. The number of aromatic nitrogens is 2. The van der Waals surface area contributed by atoms with E-state index in [9.17, 15) is 19.5 Å². The number of aliphatic hydroxyl groups is 1. The highest BCUT2D eigenvalue weighted by Crippen LogP contribution is 2.29. The maximum atomic E-state index is 12.9. The quantitative estimate of drug-likeness (QED) is 0.606. The van der Waals surface area contributed by atoms with Gasteiger partial charge in [-0.1, -0.05) is 11.8 Å². The first-order valence-electron chi connectivity index (χ1n) is 8.05. The standard InChI is InChI=1S/C17H18N2O6S/c1-9(20)8-19-14(21)11-4-3-10(15(22)24-2)7-12(11)18-17(19)26-13-5-6-25-16(13)23/h3-4,7,9,13,20H,5-6,8H2,1-2H3/t9-,13-/m1/s1. The molecule has 1 saturated heterocycles. The van der Waals surface area contributed by atoms with Gasteiger partial charge in [-0.15, -0.1) is 0 Å². The van der Waals surface area contributed by atoms with Crippen molar-refractivity contribution in [1.82, 2.24) is 9.55 Å². The summed E-state index contributed by atoms with van der Waals surface area (Å²) in [5.41, 5.74) is 0.256. The van der Waals surface area contributed by atoms with Gasteiger partial charge in [0.1, 0.15) is 5.25 Å². The van der Waals surface area contributed by atoms with Crippen molar-refractivity contribution in [3.8, 4) is 0 Å². The van der Waals surface area contributed by atoms with Crippen LogP contribution in [-0.4, -0.2) is 51.7 Å². The average molecular weight is 378 g/mol. The van der Waals surface area contributed by atoms with Crippen molar-refractivity contribution in [3.63, 3.8) is 0 Å². The van der Waals surface area contributed by atoms with E-state index in [2.05, 4.69) is 4.98 Å². The molecule has 0 radical (unpaired) electrons. The summed E-state index contributed by atoms with van der Waals surface area (Å²) in [6.07, 6.45) is -0.245. The molecule has 0 aliphatic carbocycles. The van der Waals surface area contributed by atoms with Crippen LogP contribution in [-0.2, 0) is 20.8 Å². The number of carbonyl (C=O) groups excluding carboxylic acids is 2. The lowest BCUT2D eigenvalue weighted by Crippen LogP contribution is -2.28. The molecule has 1 aromatic carbocycles. The van der Waals surface area contributed by atoms with Gasteiger partial charge in [0.05, 0.1) is 42.8 Å². The number of ether oxygens (including phenoxy) is 2. The number of nitrogens with zero attached hydrogens (tertiary/aromatic N) is 2. The molecule has 3 rings (SSSR count). The Hall–Kier alpha value is -2.39. The Morgan fingerprint density at radius 2 is 2.27 bits per heavy atom. The fourth-order valence-corrected chi connectivity index (χ4v) is 3.74. The number of carbonyl (C=O) groups is 2. The van der Waals surface area contributed by atoms with E-state index in [1.807, 2.05) is 0 Å². The first kappa shape index (κ1) is 18.4. The van der Waals surface area contributed by atoms with Crippen molar-refractivity contribution in [2.24, 2.45) is 0 Å². The second-order valence-electron chi connectivity index (χ2n) is 5.95. The smallest absolute Gasteiger partial charge is 0.337 e. The zero-order valence-corrected chi connectivity index (χ0v) is 15.1. The molecule has 0 bridgehead atoms. The molecule has 2 aromatic rings. The predicted octanol–water partition coefficient (Wildman–Crippen LogP) is 0.972. The lowest BCUT2D eigenvalue weighted by atomic mass is 10.1. The van der Waals surface area contributed by atoms with Gasteiger partial charge in [0, 0.05) is 6.42 Å². The van der Waals surface area contributed by atoms with Crippen molar-refractivity contribution in [2.75, 3.05) is 13.7 Å². The summed E-state index contributed by atoms with van der Waals surface area (Å²) in [5.74, 6) is -0.883. The van der Waals surface area contributed by atoms with Gasteiger partial charge in [-0.3, -0.25) is 14.2 Å². The molecule has 0 amide bonds. The Morgan fingerprint density at radius 3 is 2.88 bits per heavy atom. The number of fused-ring (bicyclic) bond motifs is 1. The molecule has 0 unspecified atom stereocenters. The van der Waals surface area contributed by atoms with Gasteiger partial charge in [0.25, 0.3) is 5.56 Å². The summed E-state index contributed by atoms with van der Waals surface area (Å²) in [6.45, 7) is 1.94. The number of methoxy groups -OCH3 is 1.